The highest BCUT2D eigenvalue weighted by Crippen LogP contribution is 2.42. The molecule has 1 aliphatic rings. The number of anilines is 1. The van der Waals surface area contributed by atoms with Gasteiger partial charge in [-0.05, 0) is 38.1 Å². The molecule has 4 aromatic rings. The fraction of sp³-hybridized carbons (Fsp3) is 0.320. The quantitative estimate of drug-likeness (QED) is 0.390. The van der Waals surface area contributed by atoms with E-state index in [0.717, 1.165) is 0 Å². The second-order valence-electron chi connectivity index (χ2n) is 9.01. The number of pyridine rings is 1. The van der Waals surface area contributed by atoms with Crippen LogP contribution in [0.1, 0.15) is 29.2 Å². The smallest absolute Gasteiger partial charge is 0.261 e. The lowest BCUT2D eigenvalue weighted by molar-refractivity contribution is -0.0423. The van der Waals surface area contributed by atoms with E-state index in [1.807, 2.05) is 0 Å². The molecule has 0 spiro atoms. The molecule has 1 aromatic carbocycles. The van der Waals surface area contributed by atoms with Crippen molar-refractivity contribution in [2.24, 2.45) is 7.05 Å². The van der Waals surface area contributed by atoms with Crippen LogP contribution >= 0.6 is 11.6 Å². The van der Waals surface area contributed by atoms with Crippen LogP contribution in [0.3, 0.4) is 0 Å². The van der Waals surface area contributed by atoms with Crippen LogP contribution < -0.4 is 10.5 Å². The van der Waals surface area contributed by atoms with E-state index >= 15 is 0 Å². The number of rotatable bonds is 3. The number of aromatic nitrogens is 4. The lowest BCUT2D eigenvalue weighted by Crippen LogP contribution is -2.46. The van der Waals surface area contributed by atoms with Crippen molar-refractivity contribution in [2.45, 2.75) is 32.1 Å². The van der Waals surface area contributed by atoms with E-state index in [9.17, 15) is 18.0 Å². The Morgan fingerprint density at radius 1 is 1.14 bits per heavy atom. The van der Waals surface area contributed by atoms with Gasteiger partial charge in [-0.2, -0.15) is 5.10 Å². The van der Waals surface area contributed by atoms with Crippen molar-refractivity contribution in [3.63, 3.8) is 0 Å². The molecule has 0 bridgehead atoms. The van der Waals surface area contributed by atoms with Gasteiger partial charge in [0.25, 0.3) is 11.5 Å². The first-order valence-electron chi connectivity index (χ1n) is 11.2. The Morgan fingerprint density at radius 2 is 1.91 bits per heavy atom. The topological polar surface area (TPSA) is 55.4 Å². The lowest BCUT2D eigenvalue weighted by atomic mass is 9.88. The van der Waals surface area contributed by atoms with Crippen molar-refractivity contribution in [1.82, 2.24) is 19.2 Å². The molecule has 1 saturated heterocycles. The summed E-state index contributed by atoms with van der Waals surface area (Å²) in [5.74, 6) is -4.55. The highest BCUT2D eigenvalue weighted by molar-refractivity contribution is 6.30. The van der Waals surface area contributed by atoms with Gasteiger partial charge in [0.2, 0.25) is 0 Å². The molecule has 6 nitrogen and oxygen atoms in total. The molecular weight excluding hydrogens is 479 g/mol. The van der Waals surface area contributed by atoms with E-state index in [0.29, 0.717) is 28.1 Å². The molecule has 0 aliphatic carbocycles. The zero-order chi connectivity index (χ0) is 25.1. The first-order valence-corrected chi connectivity index (χ1v) is 11.5. The Balaban J connectivity index is 1.69. The summed E-state index contributed by atoms with van der Waals surface area (Å²) in [5.41, 5.74) is 2.55. The van der Waals surface area contributed by atoms with E-state index in [1.54, 1.807) is 50.3 Å². The zero-order valence-electron chi connectivity index (χ0n) is 19.4. The largest absolute Gasteiger partial charge is 0.369 e. The van der Waals surface area contributed by atoms with Gasteiger partial charge in [0.15, 0.2) is 0 Å². The number of piperidine rings is 1. The highest BCUT2D eigenvalue weighted by Gasteiger charge is 2.45. The normalized spacial score (nSPS) is 17.8. The maximum atomic E-state index is 15.0. The van der Waals surface area contributed by atoms with Crippen molar-refractivity contribution in [3.05, 3.63) is 80.9 Å². The number of alkyl halides is 2. The fourth-order valence-electron chi connectivity index (χ4n) is 4.61. The van der Waals surface area contributed by atoms with E-state index in [1.165, 1.54) is 27.4 Å². The minimum Gasteiger partial charge on any atom is -0.369 e. The summed E-state index contributed by atoms with van der Waals surface area (Å²) < 4.78 is 47.7. The maximum Gasteiger partial charge on any atom is 0.261 e. The number of aryl methyl sites for hydroxylation is 2. The Hall–Kier alpha value is -3.33. The molecule has 10 heteroatoms. The van der Waals surface area contributed by atoms with Crippen molar-refractivity contribution in [1.29, 1.82) is 0 Å². The second kappa shape index (κ2) is 8.41. The Bertz CT molecular complexity index is 1510. The number of halogens is 4. The first kappa shape index (κ1) is 23.4. The van der Waals surface area contributed by atoms with Gasteiger partial charge in [-0.15, -0.1) is 0 Å². The minimum absolute atomic E-state index is 0.0137. The molecule has 35 heavy (non-hydrogen) atoms. The van der Waals surface area contributed by atoms with Crippen molar-refractivity contribution in [3.8, 4) is 11.1 Å². The fourth-order valence-corrected chi connectivity index (χ4v) is 4.77. The summed E-state index contributed by atoms with van der Waals surface area (Å²) in [6, 6.07) is 5.98. The van der Waals surface area contributed by atoms with Crippen LogP contribution in [0, 0.1) is 19.7 Å². The molecule has 0 N–H and O–H groups in total. The van der Waals surface area contributed by atoms with Crippen LogP contribution in [0.4, 0.5) is 18.9 Å². The molecule has 0 amide bonds. The Morgan fingerprint density at radius 3 is 2.60 bits per heavy atom. The van der Waals surface area contributed by atoms with Crippen LogP contribution in [-0.2, 0) is 7.05 Å². The predicted octanol–water partition coefficient (Wildman–Crippen LogP) is 5.13. The van der Waals surface area contributed by atoms with Crippen molar-refractivity contribution < 1.29 is 13.2 Å². The summed E-state index contributed by atoms with van der Waals surface area (Å²) >= 11 is 5.95. The zero-order valence-corrected chi connectivity index (χ0v) is 20.2. The van der Waals surface area contributed by atoms with E-state index < -0.39 is 17.7 Å². The van der Waals surface area contributed by atoms with Crippen LogP contribution in [0.2, 0.25) is 5.02 Å². The SMILES string of the molecule is Cc1nc2c(-c3ccc(Cl)cc3F)cc(N3CCC(F)(F)[C@@H](c4cnn(C)c4)C3)cn2c(=O)c1C. The minimum atomic E-state index is -2.91. The number of nitrogens with zero attached hydrogens (tertiary/aromatic N) is 5. The molecule has 1 atom stereocenters. The van der Waals surface area contributed by atoms with Crippen molar-refractivity contribution in [2.75, 3.05) is 18.0 Å². The van der Waals surface area contributed by atoms with Gasteiger partial charge in [-0.3, -0.25) is 13.9 Å². The van der Waals surface area contributed by atoms with Gasteiger partial charge in [0.05, 0.1) is 17.8 Å². The summed E-state index contributed by atoms with van der Waals surface area (Å²) in [6.07, 6.45) is 4.28. The predicted molar refractivity (Wildman–Crippen MR) is 129 cm³/mol. The Kier molecular flexibility index (Phi) is 5.62. The van der Waals surface area contributed by atoms with Gasteiger partial charge >= 0.3 is 0 Å². The molecule has 3 aromatic heterocycles. The molecule has 5 rings (SSSR count). The third-order valence-corrected chi connectivity index (χ3v) is 6.96. The van der Waals surface area contributed by atoms with Gasteiger partial charge in [0, 0.05) is 71.9 Å². The average Bonchev–Trinajstić information content (AvgIpc) is 3.23. The molecule has 0 radical (unpaired) electrons. The monoisotopic (exact) mass is 501 g/mol. The second-order valence-corrected chi connectivity index (χ2v) is 9.45. The van der Waals surface area contributed by atoms with Crippen LogP contribution in [0.25, 0.3) is 16.8 Å². The number of hydrogen-bond donors (Lipinski definition) is 0. The van der Waals surface area contributed by atoms with Gasteiger partial charge in [0.1, 0.15) is 11.5 Å². The number of benzene rings is 1. The lowest BCUT2D eigenvalue weighted by Gasteiger charge is -2.39. The summed E-state index contributed by atoms with van der Waals surface area (Å²) in [4.78, 5) is 19.5. The molecule has 182 valence electrons. The summed E-state index contributed by atoms with van der Waals surface area (Å²) in [7, 11) is 1.68. The molecular formula is C25H23ClF3N5O. The van der Waals surface area contributed by atoms with Crippen molar-refractivity contribution >= 4 is 22.9 Å². The molecule has 0 unspecified atom stereocenters. The van der Waals surface area contributed by atoms with E-state index in [4.69, 9.17) is 11.6 Å². The van der Waals surface area contributed by atoms with Crippen LogP contribution in [-0.4, -0.2) is 38.2 Å². The summed E-state index contributed by atoms with van der Waals surface area (Å²) in [6.45, 7) is 3.48. The molecule has 1 aliphatic heterocycles. The van der Waals surface area contributed by atoms with Crippen LogP contribution in [0.5, 0.6) is 0 Å². The molecule has 4 heterocycles. The average molecular weight is 502 g/mol. The van der Waals surface area contributed by atoms with E-state index in [-0.39, 0.29) is 41.3 Å². The Labute approximate surface area is 204 Å². The highest BCUT2D eigenvalue weighted by atomic mass is 35.5. The van der Waals surface area contributed by atoms with Gasteiger partial charge in [-0.1, -0.05) is 11.6 Å². The summed E-state index contributed by atoms with van der Waals surface area (Å²) in [5, 5.41) is 4.29. The molecule has 0 saturated carbocycles. The first-order chi connectivity index (χ1) is 16.5. The maximum absolute atomic E-state index is 15.0. The van der Waals surface area contributed by atoms with Gasteiger partial charge in [-0.25, -0.2) is 18.2 Å². The van der Waals surface area contributed by atoms with Crippen LogP contribution in [0.15, 0.2) is 47.7 Å². The number of hydrogen-bond acceptors (Lipinski definition) is 4. The van der Waals surface area contributed by atoms with Gasteiger partial charge < -0.3 is 4.90 Å². The third kappa shape index (κ3) is 4.07. The van der Waals surface area contributed by atoms with E-state index in [2.05, 4.69) is 10.1 Å². The standard InChI is InChI=1S/C25H23ClF3N5O/c1-14-15(2)31-23-20(19-5-4-17(26)8-22(19)27)9-18(12-34(23)24(14)35)33-7-6-25(28,29)21(13-33)16-10-30-32(3)11-16/h4-5,8-12,21H,6-7,13H2,1-3H3/t21-/m1/s1. The third-order valence-electron chi connectivity index (χ3n) is 6.72. The molecule has 1 fully saturated rings. The number of fused-ring (bicyclic) bond motifs is 1.